The summed E-state index contributed by atoms with van der Waals surface area (Å²) in [5, 5.41) is 3.10. The van der Waals surface area contributed by atoms with Gasteiger partial charge in [-0.3, -0.25) is 4.79 Å². The maximum absolute atomic E-state index is 12.4. The molecule has 0 saturated heterocycles. The second kappa shape index (κ2) is 6.58. The fourth-order valence-electron chi connectivity index (χ4n) is 2.91. The standard InChI is InChI=1S/C17H27N3O/c1-13(15(18)14-8-5-4-6-9-14)16(21)19-12-17(20(2)3)10-7-11-17/h4-6,8-9,13,15H,7,10-12,18H2,1-3H3,(H,19,21). The summed E-state index contributed by atoms with van der Waals surface area (Å²) in [5.74, 6) is -0.189. The Bertz CT molecular complexity index is 468. The Kier molecular flexibility index (Phi) is 5.01. The molecule has 1 aliphatic carbocycles. The van der Waals surface area contributed by atoms with Crippen LogP contribution in [0.15, 0.2) is 30.3 Å². The molecule has 3 N–H and O–H groups in total. The van der Waals surface area contributed by atoms with Crippen molar-refractivity contribution in [1.82, 2.24) is 10.2 Å². The van der Waals surface area contributed by atoms with Crippen LogP contribution in [0.2, 0.25) is 0 Å². The quantitative estimate of drug-likeness (QED) is 0.841. The van der Waals surface area contributed by atoms with Crippen LogP contribution in [0.4, 0.5) is 0 Å². The second-order valence-electron chi connectivity index (χ2n) is 6.42. The van der Waals surface area contributed by atoms with E-state index in [4.69, 9.17) is 5.73 Å². The SMILES string of the molecule is CC(C(=O)NCC1(N(C)C)CCC1)C(N)c1ccccc1. The van der Waals surface area contributed by atoms with Crippen molar-refractivity contribution in [2.24, 2.45) is 11.7 Å². The molecule has 0 spiro atoms. The smallest absolute Gasteiger partial charge is 0.224 e. The van der Waals surface area contributed by atoms with Gasteiger partial charge in [0.2, 0.25) is 5.91 Å². The second-order valence-corrected chi connectivity index (χ2v) is 6.42. The molecule has 1 amide bonds. The van der Waals surface area contributed by atoms with Gasteiger partial charge < -0.3 is 16.0 Å². The molecule has 0 radical (unpaired) electrons. The van der Waals surface area contributed by atoms with E-state index < -0.39 is 0 Å². The maximum atomic E-state index is 12.4. The van der Waals surface area contributed by atoms with E-state index in [9.17, 15) is 4.79 Å². The number of likely N-dealkylation sites (N-methyl/N-ethyl adjacent to an activating group) is 1. The molecule has 0 bridgehead atoms. The number of carbonyl (C=O) groups is 1. The number of hydrogen-bond donors (Lipinski definition) is 2. The van der Waals surface area contributed by atoms with Gasteiger partial charge in [-0.2, -0.15) is 0 Å². The highest BCUT2D eigenvalue weighted by molar-refractivity contribution is 5.79. The molecule has 1 saturated carbocycles. The first kappa shape index (κ1) is 16.0. The number of nitrogens with zero attached hydrogens (tertiary/aromatic N) is 1. The van der Waals surface area contributed by atoms with Crippen LogP contribution in [0.5, 0.6) is 0 Å². The molecule has 1 aromatic carbocycles. The molecular weight excluding hydrogens is 262 g/mol. The summed E-state index contributed by atoms with van der Waals surface area (Å²) in [6.07, 6.45) is 3.55. The van der Waals surface area contributed by atoms with Crippen LogP contribution in [-0.2, 0) is 4.79 Å². The van der Waals surface area contributed by atoms with Crippen molar-refractivity contribution < 1.29 is 4.79 Å². The molecule has 4 nitrogen and oxygen atoms in total. The van der Waals surface area contributed by atoms with Crippen molar-refractivity contribution >= 4 is 5.91 Å². The van der Waals surface area contributed by atoms with E-state index in [1.54, 1.807) is 0 Å². The number of rotatable bonds is 6. The number of hydrogen-bond acceptors (Lipinski definition) is 3. The van der Waals surface area contributed by atoms with Gasteiger partial charge in [0.1, 0.15) is 0 Å². The predicted molar refractivity (Wildman–Crippen MR) is 85.8 cm³/mol. The molecule has 2 unspecified atom stereocenters. The summed E-state index contributed by atoms with van der Waals surface area (Å²) in [4.78, 5) is 14.6. The van der Waals surface area contributed by atoms with E-state index in [0.29, 0.717) is 6.54 Å². The van der Waals surface area contributed by atoms with Crippen LogP contribution in [0.1, 0.15) is 37.8 Å². The van der Waals surface area contributed by atoms with Crippen molar-refractivity contribution in [3.05, 3.63) is 35.9 Å². The average molecular weight is 289 g/mol. The molecule has 0 aromatic heterocycles. The normalized spacial score (nSPS) is 19.7. The first-order valence-corrected chi connectivity index (χ1v) is 7.72. The van der Waals surface area contributed by atoms with Crippen molar-refractivity contribution in [3.63, 3.8) is 0 Å². The maximum Gasteiger partial charge on any atom is 0.224 e. The molecule has 2 atom stereocenters. The minimum absolute atomic E-state index is 0.0412. The Balaban J connectivity index is 1.91. The first-order valence-electron chi connectivity index (χ1n) is 7.72. The van der Waals surface area contributed by atoms with Gasteiger partial charge in [-0.05, 0) is 38.9 Å². The summed E-state index contributed by atoms with van der Waals surface area (Å²) in [7, 11) is 4.18. The molecule has 1 aliphatic rings. The molecule has 1 fully saturated rings. The molecule has 0 aliphatic heterocycles. The fraction of sp³-hybridized carbons (Fsp3) is 0.588. The number of nitrogens with two attached hydrogens (primary N) is 1. The minimum atomic E-state index is -0.261. The largest absolute Gasteiger partial charge is 0.354 e. The fourth-order valence-corrected chi connectivity index (χ4v) is 2.91. The number of amides is 1. The summed E-state index contributed by atoms with van der Waals surface area (Å²) in [6, 6.07) is 9.55. The highest BCUT2D eigenvalue weighted by Crippen LogP contribution is 2.35. The third-order valence-corrected chi connectivity index (χ3v) is 4.96. The van der Waals surface area contributed by atoms with Crippen LogP contribution in [0.25, 0.3) is 0 Å². The number of benzene rings is 1. The Morgan fingerprint density at radius 3 is 2.43 bits per heavy atom. The monoisotopic (exact) mass is 289 g/mol. The third kappa shape index (κ3) is 3.44. The highest BCUT2D eigenvalue weighted by Gasteiger charge is 2.39. The van der Waals surface area contributed by atoms with Crippen molar-refractivity contribution in [3.8, 4) is 0 Å². The number of carbonyl (C=O) groups excluding carboxylic acids is 1. The van der Waals surface area contributed by atoms with Gasteiger partial charge >= 0.3 is 0 Å². The summed E-state index contributed by atoms with van der Waals surface area (Å²) >= 11 is 0. The lowest BCUT2D eigenvalue weighted by atomic mass is 9.75. The summed E-state index contributed by atoms with van der Waals surface area (Å²) < 4.78 is 0. The molecule has 1 aromatic rings. The van der Waals surface area contributed by atoms with Gasteiger partial charge in [0.05, 0.1) is 5.92 Å². The van der Waals surface area contributed by atoms with E-state index in [0.717, 1.165) is 18.4 Å². The zero-order valence-corrected chi connectivity index (χ0v) is 13.3. The van der Waals surface area contributed by atoms with Crippen LogP contribution in [-0.4, -0.2) is 37.0 Å². The lowest BCUT2D eigenvalue weighted by molar-refractivity contribution is -0.126. The van der Waals surface area contributed by atoms with Crippen molar-refractivity contribution in [1.29, 1.82) is 0 Å². The molecular formula is C17H27N3O. The topological polar surface area (TPSA) is 58.4 Å². The summed E-state index contributed by atoms with van der Waals surface area (Å²) in [5.41, 5.74) is 7.36. The van der Waals surface area contributed by atoms with Crippen molar-refractivity contribution in [2.75, 3.05) is 20.6 Å². The minimum Gasteiger partial charge on any atom is -0.354 e. The van der Waals surface area contributed by atoms with E-state index in [2.05, 4.69) is 24.3 Å². The summed E-state index contributed by atoms with van der Waals surface area (Å²) in [6.45, 7) is 2.61. The van der Waals surface area contributed by atoms with Gasteiger partial charge in [0.15, 0.2) is 0 Å². The zero-order valence-electron chi connectivity index (χ0n) is 13.3. The zero-order chi connectivity index (χ0) is 15.5. The lowest BCUT2D eigenvalue weighted by Gasteiger charge is -2.47. The number of nitrogens with one attached hydrogen (secondary N) is 1. The lowest BCUT2D eigenvalue weighted by Crippen LogP contribution is -2.57. The molecule has 21 heavy (non-hydrogen) atoms. The Morgan fingerprint density at radius 2 is 1.95 bits per heavy atom. The Hall–Kier alpha value is -1.39. The Labute approximate surface area is 127 Å². The van der Waals surface area contributed by atoms with E-state index >= 15 is 0 Å². The molecule has 4 heteroatoms. The van der Waals surface area contributed by atoms with Crippen LogP contribution < -0.4 is 11.1 Å². The van der Waals surface area contributed by atoms with E-state index in [-0.39, 0.29) is 23.4 Å². The van der Waals surface area contributed by atoms with E-state index in [1.807, 2.05) is 37.3 Å². The van der Waals surface area contributed by atoms with Crippen LogP contribution in [0.3, 0.4) is 0 Å². The van der Waals surface area contributed by atoms with Gasteiger partial charge in [-0.25, -0.2) is 0 Å². The first-order chi connectivity index (χ1) is 9.96. The van der Waals surface area contributed by atoms with Gasteiger partial charge in [-0.1, -0.05) is 37.3 Å². The van der Waals surface area contributed by atoms with Crippen LogP contribution >= 0.6 is 0 Å². The molecule has 116 valence electrons. The molecule has 0 heterocycles. The van der Waals surface area contributed by atoms with Crippen LogP contribution in [0, 0.1) is 5.92 Å². The highest BCUT2D eigenvalue weighted by atomic mass is 16.1. The van der Waals surface area contributed by atoms with Crippen molar-refractivity contribution in [2.45, 2.75) is 37.8 Å². The van der Waals surface area contributed by atoms with Gasteiger partial charge in [-0.15, -0.1) is 0 Å². The van der Waals surface area contributed by atoms with Gasteiger partial charge in [0, 0.05) is 18.1 Å². The predicted octanol–water partition coefficient (Wildman–Crippen LogP) is 1.92. The Morgan fingerprint density at radius 1 is 1.33 bits per heavy atom. The van der Waals surface area contributed by atoms with Gasteiger partial charge in [0.25, 0.3) is 0 Å². The third-order valence-electron chi connectivity index (χ3n) is 4.96. The van der Waals surface area contributed by atoms with E-state index in [1.165, 1.54) is 6.42 Å². The average Bonchev–Trinajstić information content (AvgIpc) is 2.44. The molecule has 2 rings (SSSR count).